The summed E-state index contributed by atoms with van der Waals surface area (Å²) in [5.41, 5.74) is 1.32. The maximum atomic E-state index is 11.8. The van der Waals surface area contributed by atoms with E-state index in [0.29, 0.717) is 23.4 Å². The van der Waals surface area contributed by atoms with Crippen molar-refractivity contribution in [2.24, 2.45) is 7.05 Å². The summed E-state index contributed by atoms with van der Waals surface area (Å²) >= 11 is 0. The van der Waals surface area contributed by atoms with Crippen LogP contribution in [0.4, 0.5) is 0 Å². The first-order valence-corrected chi connectivity index (χ1v) is 8.44. The second-order valence-electron chi connectivity index (χ2n) is 4.65. The van der Waals surface area contributed by atoms with E-state index in [4.69, 9.17) is 10.7 Å². The van der Waals surface area contributed by atoms with E-state index in [2.05, 4.69) is 15.4 Å². The Balaban J connectivity index is 2.25. The van der Waals surface area contributed by atoms with Crippen LogP contribution in [0.15, 0.2) is 29.2 Å². The van der Waals surface area contributed by atoms with Crippen LogP contribution in [0.3, 0.4) is 0 Å². The third kappa shape index (κ3) is 2.40. The summed E-state index contributed by atoms with van der Waals surface area (Å²) in [4.78, 5) is 1.49. The van der Waals surface area contributed by atoms with Crippen molar-refractivity contribution in [2.75, 3.05) is 0 Å². The van der Waals surface area contributed by atoms with Gasteiger partial charge in [-0.05, 0) is 18.2 Å². The fourth-order valence-corrected chi connectivity index (χ4v) is 3.92. The maximum absolute atomic E-state index is 11.8. The molecular formula is C12H12ClN5O2S. The highest BCUT2D eigenvalue weighted by Crippen LogP contribution is 2.32. The topological polar surface area (TPSA) is 82.7 Å². The lowest BCUT2D eigenvalue weighted by Crippen LogP contribution is -2.05. The van der Waals surface area contributed by atoms with Crippen LogP contribution in [0.2, 0.25) is 0 Å². The Morgan fingerprint density at radius 3 is 2.62 bits per heavy atom. The SMILES string of the molecule is Cc1c(S(=O)(=O)Cl)c2ccccc2n1Cc1nnn(C)n1. The lowest BCUT2D eigenvalue weighted by atomic mass is 10.2. The Bertz CT molecular complexity index is 928. The molecule has 3 rings (SSSR count). The second kappa shape index (κ2) is 4.81. The van der Waals surface area contributed by atoms with Crippen LogP contribution in [0.5, 0.6) is 0 Å². The average molecular weight is 326 g/mol. The van der Waals surface area contributed by atoms with Gasteiger partial charge in [0.15, 0.2) is 5.82 Å². The smallest absolute Gasteiger partial charge is 0.263 e. The van der Waals surface area contributed by atoms with E-state index in [9.17, 15) is 8.42 Å². The van der Waals surface area contributed by atoms with E-state index in [0.717, 1.165) is 5.52 Å². The monoisotopic (exact) mass is 325 g/mol. The molecule has 2 heterocycles. The number of hydrogen-bond donors (Lipinski definition) is 0. The molecule has 0 N–H and O–H groups in total. The van der Waals surface area contributed by atoms with Gasteiger partial charge in [-0.2, -0.15) is 4.80 Å². The van der Waals surface area contributed by atoms with Gasteiger partial charge in [0.05, 0.1) is 19.1 Å². The highest BCUT2D eigenvalue weighted by atomic mass is 35.7. The Morgan fingerprint density at radius 1 is 1.29 bits per heavy atom. The highest BCUT2D eigenvalue weighted by molar-refractivity contribution is 8.14. The van der Waals surface area contributed by atoms with Crippen molar-refractivity contribution in [3.8, 4) is 0 Å². The molecule has 2 aromatic heterocycles. The molecule has 0 saturated carbocycles. The van der Waals surface area contributed by atoms with E-state index in [-0.39, 0.29) is 4.90 Å². The van der Waals surface area contributed by atoms with Crippen molar-refractivity contribution in [2.45, 2.75) is 18.4 Å². The average Bonchev–Trinajstić information content (AvgIpc) is 2.92. The van der Waals surface area contributed by atoms with Crippen LogP contribution < -0.4 is 0 Å². The Kier molecular flexibility index (Phi) is 3.22. The molecule has 0 amide bonds. The molecule has 3 aromatic rings. The molecular weight excluding hydrogens is 314 g/mol. The zero-order valence-corrected chi connectivity index (χ0v) is 12.9. The van der Waals surface area contributed by atoms with E-state index in [1.165, 1.54) is 4.80 Å². The van der Waals surface area contributed by atoms with Gasteiger partial charge in [0.25, 0.3) is 9.05 Å². The number of para-hydroxylation sites is 1. The van der Waals surface area contributed by atoms with Gasteiger partial charge in [-0.15, -0.1) is 10.2 Å². The van der Waals surface area contributed by atoms with Crippen molar-refractivity contribution in [3.05, 3.63) is 35.8 Å². The first-order chi connectivity index (χ1) is 9.88. The largest absolute Gasteiger partial charge is 0.336 e. The number of fused-ring (bicyclic) bond motifs is 1. The van der Waals surface area contributed by atoms with Crippen molar-refractivity contribution >= 4 is 30.6 Å². The van der Waals surface area contributed by atoms with Gasteiger partial charge >= 0.3 is 0 Å². The molecule has 0 saturated heterocycles. The molecule has 0 fully saturated rings. The summed E-state index contributed by atoms with van der Waals surface area (Å²) in [6.45, 7) is 2.04. The summed E-state index contributed by atoms with van der Waals surface area (Å²) in [5, 5.41) is 12.4. The maximum Gasteiger partial charge on any atom is 0.263 e. The molecule has 0 atom stereocenters. The van der Waals surface area contributed by atoms with Gasteiger partial charge in [-0.25, -0.2) is 8.42 Å². The van der Waals surface area contributed by atoms with Crippen LogP contribution in [-0.4, -0.2) is 33.2 Å². The van der Waals surface area contributed by atoms with Crippen molar-refractivity contribution < 1.29 is 8.42 Å². The molecule has 110 valence electrons. The molecule has 7 nitrogen and oxygen atoms in total. The van der Waals surface area contributed by atoms with Crippen LogP contribution in [0, 0.1) is 6.92 Å². The predicted octanol–water partition coefficient (Wildman–Crippen LogP) is 1.45. The molecule has 0 aliphatic rings. The van der Waals surface area contributed by atoms with Gasteiger partial charge in [0.2, 0.25) is 0 Å². The minimum atomic E-state index is -3.84. The molecule has 0 aliphatic carbocycles. The van der Waals surface area contributed by atoms with E-state index < -0.39 is 9.05 Å². The van der Waals surface area contributed by atoms with Gasteiger partial charge in [-0.1, -0.05) is 18.2 Å². The summed E-state index contributed by atoms with van der Waals surface area (Å²) in [6.07, 6.45) is 0. The van der Waals surface area contributed by atoms with Gasteiger partial charge < -0.3 is 4.57 Å². The quantitative estimate of drug-likeness (QED) is 0.681. The molecule has 0 radical (unpaired) electrons. The minimum absolute atomic E-state index is 0.128. The Labute approximate surface area is 125 Å². The fourth-order valence-electron chi connectivity index (χ4n) is 2.44. The molecule has 0 aliphatic heterocycles. The third-order valence-electron chi connectivity index (χ3n) is 3.27. The van der Waals surface area contributed by atoms with Gasteiger partial charge in [0, 0.05) is 21.8 Å². The van der Waals surface area contributed by atoms with Crippen molar-refractivity contribution in [1.82, 2.24) is 24.8 Å². The number of rotatable bonds is 3. The lowest BCUT2D eigenvalue weighted by Gasteiger charge is -2.04. The highest BCUT2D eigenvalue weighted by Gasteiger charge is 2.23. The summed E-state index contributed by atoms with van der Waals surface area (Å²) in [7, 11) is 3.41. The molecule has 0 unspecified atom stereocenters. The number of hydrogen-bond acceptors (Lipinski definition) is 5. The molecule has 21 heavy (non-hydrogen) atoms. The van der Waals surface area contributed by atoms with E-state index >= 15 is 0 Å². The first-order valence-electron chi connectivity index (χ1n) is 6.13. The normalized spacial score (nSPS) is 12.1. The van der Waals surface area contributed by atoms with Crippen LogP contribution in [-0.2, 0) is 22.6 Å². The number of halogens is 1. The van der Waals surface area contributed by atoms with Crippen LogP contribution in [0.1, 0.15) is 11.5 Å². The number of aromatic nitrogens is 5. The predicted molar refractivity (Wildman–Crippen MR) is 77.6 cm³/mol. The zero-order valence-electron chi connectivity index (χ0n) is 11.4. The number of aryl methyl sites for hydroxylation is 1. The number of tetrazole rings is 1. The molecule has 9 heteroatoms. The van der Waals surface area contributed by atoms with Crippen LogP contribution >= 0.6 is 10.7 Å². The Morgan fingerprint density at radius 2 is 2.00 bits per heavy atom. The lowest BCUT2D eigenvalue weighted by molar-refractivity contribution is 0.608. The second-order valence-corrected chi connectivity index (χ2v) is 7.15. The fraction of sp³-hybridized carbons (Fsp3) is 0.250. The molecule has 0 bridgehead atoms. The van der Waals surface area contributed by atoms with E-state index in [1.807, 2.05) is 16.7 Å². The van der Waals surface area contributed by atoms with E-state index in [1.54, 1.807) is 26.1 Å². The molecule has 1 aromatic carbocycles. The van der Waals surface area contributed by atoms with Crippen molar-refractivity contribution in [3.63, 3.8) is 0 Å². The summed E-state index contributed by atoms with van der Waals surface area (Å²) in [5.74, 6) is 0.500. The van der Waals surface area contributed by atoms with Crippen molar-refractivity contribution in [1.29, 1.82) is 0 Å². The molecule has 0 spiro atoms. The third-order valence-corrected chi connectivity index (χ3v) is 4.73. The number of nitrogens with zero attached hydrogens (tertiary/aromatic N) is 5. The Hall–Kier alpha value is -1.93. The minimum Gasteiger partial charge on any atom is -0.336 e. The summed E-state index contributed by atoms with van der Waals surface area (Å²) < 4.78 is 25.5. The zero-order chi connectivity index (χ0) is 15.2. The first kappa shape index (κ1) is 14.0. The van der Waals surface area contributed by atoms with Crippen LogP contribution in [0.25, 0.3) is 10.9 Å². The number of benzene rings is 1. The standard InChI is InChI=1S/C12H12ClN5O2S/c1-8-12(21(13,19)20)9-5-3-4-6-10(9)18(8)7-11-14-16-17(2)15-11/h3-6H,7H2,1-2H3. The van der Waals surface area contributed by atoms with Gasteiger partial charge in [-0.3, -0.25) is 0 Å². The summed E-state index contributed by atoms with van der Waals surface area (Å²) in [6, 6.07) is 7.19. The van der Waals surface area contributed by atoms with Gasteiger partial charge in [0.1, 0.15) is 4.90 Å².